The van der Waals surface area contributed by atoms with Crippen molar-refractivity contribution < 1.29 is 4.42 Å². The summed E-state index contributed by atoms with van der Waals surface area (Å²) in [4.78, 5) is 16.7. The number of hydrogen-bond acceptors (Lipinski definition) is 4. The standard InChI is InChI=1S/C18H12ClN3O2/c19-14-6-3-5-12(8-14)16-10-20-17(24-16)11-22-18(23)15-7-2-1-4-13(15)9-21-22/h1-10H,11H2. The Morgan fingerprint density at radius 2 is 1.96 bits per heavy atom. The summed E-state index contributed by atoms with van der Waals surface area (Å²) in [5, 5.41) is 6.23. The molecule has 118 valence electrons. The van der Waals surface area contributed by atoms with Gasteiger partial charge in [-0.2, -0.15) is 5.10 Å². The van der Waals surface area contributed by atoms with Gasteiger partial charge in [0.05, 0.1) is 17.8 Å². The van der Waals surface area contributed by atoms with Crippen LogP contribution in [0.5, 0.6) is 0 Å². The summed E-state index contributed by atoms with van der Waals surface area (Å²) in [6.45, 7) is 0.171. The molecule has 0 saturated carbocycles. The van der Waals surface area contributed by atoms with Gasteiger partial charge in [-0.3, -0.25) is 4.79 Å². The van der Waals surface area contributed by atoms with Crippen LogP contribution in [0.2, 0.25) is 5.02 Å². The van der Waals surface area contributed by atoms with E-state index >= 15 is 0 Å². The van der Waals surface area contributed by atoms with E-state index < -0.39 is 0 Å². The molecular formula is C18H12ClN3O2. The van der Waals surface area contributed by atoms with E-state index in [9.17, 15) is 4.79 Å². The van der Waals surface area contributed by atoms with Crippen LogP contribution in [-0.2, 0) is 6.54 Å². The Morgan fingerprint density at radius 1 is 1.08 bits per heavy atom. The third-order valence-electron chi connectivity index (χ3n) is 3.71. The van der Waals surface area contributed by atoms with Crippen LogP contribution in [0.25, 0.3) is 22.1 Å². The first-order valence-corrected chi connectivity index (χ1v) is 7.74. The largest absolute Gasteiger partial charge is 0.439 e. The second-order valence-electron chi connectivity index (χ2n) is 5.32. The lowest BCUT2D eigenvalue weighted by Gasteiger charge is -2.03. The highest BCUT2D eigenvalue weighted by atomic mass is 35.5. The average Bonchev–Trinajstić information content (AvgIpc) is 3.06. The molecule has 6 heteroatoms. The molecule has 0 aliphatic carbocycles. The van der Waals surface area contributed by atoms with Crippen molar-refractivity contribution in [1.82, 2.24) is 14.8 Å². The average molecular weight is 338 g/mol. The van der Waals surface area contributed by atoms with Crippen LogP contribution in [0.15, 0.2) is 70.1 Å². The smallest absolute Gasteiger partial charge is 0.275 e. The van der Waals surface area contributed by atoms with Crippen molar-refractivity contribution in [2.75, 3.05) is 0 Å². The first-order valence-electron chi connectivity index (χ1n) is 7.36. The molecule has 0 fully saturated rings. The first-order chi connectivity index (χ1) is 11.7. The zero-order valence-corrected chi connectivity index (χ0v) is 13.3. The van der Waals surface area contributed by atoms with E-state index in [1.54, 1.807) is 30.6 Å². The van der Waals surface area contributed by atoms with Gasteiger partial charge in [-0.05, 0) is 18.2 Å². The summed E-state index contributed by atoms with van der Waals surface area (Å²) in [7, 11) is 0. The number of halogens is 1. The fourth-order valence-electron chi connectivity index (χ4n) is 2.53. The quantitative estimate of drug-likeness (QED) is 0.571. The molecule has 2 heterocycles. The second kappa shape index (κ2) is 5.94. The highest BCUT2D eigenvalue weighted by molar-refractivity contribution is 6.30. The third kappa shape index (κ3) is 2.70. The fourth-order valence-corrected chi connectivity index (χ4v) is 2.72. The predicted molar refractivity (Wildman–Crippen MR) is 92.1 cm³/mol. The van der Waals surface area contributed by atoms with Crippen LogP contribution in [-0.4, -0.2) is 14.8 Å². The minimum absolute atomic E-state index is 0.171. The summed E-state index contributed by atoms with van der Waals surface area (Å²) < 4.78 is 7.07. The minimum Gasteiger partial charge on any atom is -0.439 e. The maximum Gasteiger partial charge on any atom is 0.275 e. The lowest BCUT2D eigenvalue weighted by molar-refractivity contribution is 0.467. The van der Waals surface area contributed by atoms with E-state index in [1.807, 2.05) is 30.3 Å². The van der Waals surface area contributed by atoms with Crippen LogP contribution in [0.4, 0.5) is 0 Å². The number of nitrogens with zero attached hydrogens (tertiary/aromatic N) is 3. The lowest BCUT2D eigenvalue weighted by Crippen LogP contribution is -2.23. The van der Waals surface area contributed by atoms with Gasteiger partial charge in [-0.15, -0.1) is 0 Å². The number of aromatic nitrogens is 3. The molecule has 5 nitrogen and oxygen atoms in total. The van der Waals surface area contributed by atoms with Crippen LogP contribution in [0.1, 0.15) is 5.89 Å². The molecule has 0 saturated heterocycles. The number of rotatable bonds is 3. The van der Waals surface area contributed by atoms with Crippen molar-refractivity contribution in [3.63, 3.8) is 0 Å². The molecule has 0 atom stereocenters. The van der Waals surface area contributed by atoms with Gasteiger partial charge >= 0.3 is 0 Å². The molecule has 0 amide bonds. The molecule has 24 heavy (non-hydrogen) atoms. The fraction of sp³-hybridized carbons (Fsp3) is 0.0556. The second-order valence-corrected chi connectivity index (χ2v) is 5.76. The summed E-state index contributed by atoms with van der Waals surface area (Å²) in [6, 6.07) is 14.7. The Bertz CT molecular complexity index is 1080. The van der Waals surface area contributed by atoms with Crippen LogP contribution >= 0.6 is 11.6 Å². The zero-order valence-electron chi connectivity index (χ0n) is 12.5. The van der Waals surface area contributed by atoms with Crippen molar-refractivity contribution in [3.8, 4) is 11.3 Å². The number of fused-ring (bicyclic) bond motifs is 1. The third-order valence-corrected chi connectivity index (χ3v) is 3.94. The van der Waals surface area contributed by atoms with E-state index in [2.05, 4.69) is 10.1 Å². The molecule has 0 aliphatic heterocycles. The zero-order chi connectivity index (χ0) is 16.5. The Kier molecular flexibility index (Phi) is 3.63. The molecule has 4 rings (SSSR count). The summed E-state index contributed by atoms with van der Waals surface area (Å²) in [6.07, 6.45) is 3.28. The molecule has 0 aliphatic rings. The topological polar surface area (TPSA) is 60.9 Å². The summed E-state index contributed by atoms with van der Waals surface area (Å²) >= 11 is 5.99. The van der Waals surface area contributed by atoms with Gasteiger partial charge in [-0.1, -0.05) is 41.9 Å². The van der Waals surface area contributed by atoms with Crippen LogP contribution in [0, 0.1) is 0 Å². The van der Waals surface area contributed by atoms with Gasteiger partial charge in [0.1, 0.15) is 6.54 Å². The van der Waals surface area contributed by atoms with Crippen molar-refractivity contribution in [3.05, 3.63) is 82.2 Å². The van der Waals surface area contributed by atoms with E-state index in [4.69, 9.17) is 16.0 Å². The van der Waals surface area contributed by atoms with Crippen molar-refractivity contribution >= 4 is 22.4 Å². The summed E-state index contributed by atoms with van der Waals surface area (Å²) in [5.41, 5.74) is 0.663. The molecule has 0 radical (unpaired) electrons. The molecule has 2 aromatic carbocycles. The van der Waals surface area contributed by atoms with E-state index in [1.165, 1.54) is 4.68 Å². The van der Waals surface area contributed by atoms with Gasteiger partial charge in [0.15, 0.2) is 5.76 Å². The monoisotopic (exact) mass is 337 g/mol. The number of benzene rings is 2. The van der Waals surface area contributed by atoms with Crippen molar-refractivity contribution in [2.45, 2.75) is 6.54 Å². The molecular weight excluding hydrogens is 326 g/mol. The maximum atomic E-state index is 12.5. The molecule has 0 unspecified atom stereocenters. The van der Waals surface area contributed by atoms with Gasteiger partial charge in [-0.25, -0.2) is 9.67 Å². The maximum absolute atomic E-state index is 12.5. The van der Waals surface area contributed by atoms with Gasteiger partial charge in [0, 0.05) is 16.0 Å². The highest BCUT2D eigenvalue weighted by Crippen LogP contribution is 2.23. The lowest BCUT2D eigenvalue weighted by atomic mass is 10.2. The van der Waals surface area contributed by atoms with E-state index in [-0.39, 0.29) is 12.1 Å². The normalized spacial score (nSPS) is 11.0. The number of oxazole rings is 1. The molecule has 0 N–H and O–H groups in total. The minimum atomic E-state index is -0.171. The molecule has 2 aromatic heterocycles. The van der Waals surface area contributed by atoms with Gasteiger partial charge in [0.2, 0.25) is 5.89 Å². The highest BCUT2D eigenvalue weighted by Gasteiger charge is 2.10. The molecule has 0 spiro atoms. The Morgan fingerprint density at radius 3 is 2.83 bits per heavy atom. The first kappa shape index (κ1) is 14.7. The Labute approximate surface area is 142 Å². The van der Waals surface area contributed by atoms with Gasteiger partial charge in [0.25, 0.3) is 5.56 Å². The van der Waals surface area contributed by atoms with Crippen molar-refractivity contribution in [2.24, 2.45) is 0 Å². The van der Waals surface area contributed by atoms with Crippen LogP contribution in [0.3, 0.4) is 0 Å². The molecule has 4 aromatic rings. The predicted octanol–water partition coefficient (Wildman–Crippen LogP) is 3.75. The van der Waals surface area contributed by atoms with E-state index in [0.717, 1.165) is 10.9 Å². The number of hydrogen-bond donors (Lipinski definition) is 0. The molecule has 0 bridgehead atoms. The van der Waals surface area contributed by atoms with Crippen molar-refractivity contribution in [1.29, 1.82) is 0 Å². The van der Waals surface area contributed by atoms with Gasteiger partial charge < -0.3 is 4.42 Å². The summed E-state index contributed by atoms with van der Waals surface area (Å²) in [5.74, 6) is 1.01. The van der Waals surface area contributed by atoms with Crippen LogP contribution < -0.4 is 5.56 Å². The SMILES string of the molecule is O=c1c2ccccc2cnn1Cc1ncc(-c2cccc(Cl)c2)o1. The Balaban J connectivity index is 1.67. The Hall–Kier alpha value is -2.92. The van der Waals surface area contributed by atoms with E-state index in [0.29, 0.717) is 22.1 Å².